The van der Waals surface area contributed by atoms with Crippen molar-refractivity contribution in [1.29, 1.82) is 0 Å². The number of hydrogen-bond acceptors (Lipinski definition) is 5. The first kappa shape index (κ1) is 13.1. The number of thioether (sulfide) groups is 1. The van der Waals surface area contributed by atoms with Gasteiger partial charge in [0, 0.05) is 17.0 Å². The zero-order valence-electron chi connectivity index (χ0n) is 11.3. The van der Waals surface area contributed by atoms with E-state index >= 15 is 0 Å². The molecule has 0 saturated carbocycles. The van der Waals surface area contributed by atoms with E-state index in [2.05, 4.69) is 41.4 Å². The lowest BCUT2D eigenvalue weighted by Crippen LogP contribution is -2.14. The molecule has 0 aliphatic rings. The van der Waals surface area contributed by atoms with Crippen molar-refractivity contribution in [2.24, 2.45) is 0 Å². The summed E-state index contributed by atoms with van der Waals surface area (Å²) in [5.74, 6) is 2.72. The van der Waals surface area contributed by atoms with E-state index in [-0.39, 0.29) is 0 Å². The summed E-state index contributed by atoms with van der Waals surface area (Å²) in [5, 5.41) is 15.7. The average molecular weight is 265 g/mol. The third kappa shape index (κ3) is 3.35. The van der Waals surface area contributed by atoms with Crippen molar-refractivity contribution in [1.82, 2.24) is 19.8 Å². The summed E-state index contributed by atoms with van der Waals surface area (Å²) >= 11 is 1.94. The van der Waals surface area contributed by atoms with Crippen molar-refractivity contribution < 1.29 is 0 Å². The van der Waals surface area contributed by atoms with Gasteiger partial charge in [-0.3, -0.25) is 0 Å². The highest BCUT2D eigenvalue weighted by atomic mass is 32.2. The molecule has 1 N–H and O–H groups in total. The molecular weight excluding hydrogens is 246 g/mol. The normalized spacial score (nSPS) is 12.0. The fraction of sp³-hybridized carbons (Fsp3) is 0.583. The Morgan fingerprint density at radius 1 is 1.28 bits per heavy atom. The Morgan fingerprint density at radius 2 is 2.06 bits per heavy atom. The highest BCUT2D eigenvalue weighted by Crippen LogP contribution is 2.22. The summed E-state index contributed by atoms with van der Waals surface area (Å²) in [6.45, 7) is 9.47. The van der Waals surface area contributed by atoms with Gasteiger partial charge < -0.3 is 5.32 Å². The van der Waals surface area contributed by atoms with Crippen LogP contribution in [0.25, 0.3) is 5.65 Å². The predicted octanol–water partition coefficient (Wildman–Crippen LogP) is 2.38. The van der Waals surface area contributed by atoms with Crippen LogP contribution < -0.4 is 5.32 Å². The predicted molar refractivity (Wildman–Crippen MR) is 76.2 cm³/mol. The fourth-order valence-electron chi connectivity index (χ4n) is 1.53. The van der Waals surface area contributed by atoms with E-state index in [9.17, 15) is 0 Å². The topological polar surface area (TPSA) is 55.1 Å². The van der Waals surface area contributed by atoms with Gasteiger partial charge in [0.25, 0.3) is 0 Å². The third-order valence-corrected chi connectivity index (χ3v) is 3.64. The lowest BCUT2D eigenvalue weighted by molar-refractivity contribution is 0.802. The molecule has 0 spiro atoms. The number of aromatic nitrogens is 4. The Bertz CT molecular complexity index is 529. The van der Waals surface area contributed by atoms with Gasteiger partial charge in [0.15, 0.2) is 11.5 Å². The van der Waals surface area contributed by atoms with Crippen molar-refractivity contribution in [3.63, 3.8) is 0 Å². The summed E-state index contributed by atoms with van der Waals surface area (Å²) in [4.78, 5) is 0. The van der Waals surface area contributed by atoms with Crippen LogP contribution in [0.5, 0.6) is 0 Å². The largest absolute Gasteiger partial charge is 0.368 e. The lowest BCUT2D eigenvalue weighted by Gasteiger charge is -2.17. The van der Waals surface area contributed by atoms with Crippen LogP contribution in [0.1, 0.15) is 26.6 Å². The molecule has 2 aromatic heterocycles. The molecule has 0 fully saturated rings. The maximum Gasteiger partial charge on any atom is 0.178 e. The summed E-state index contributed by atoms with van der Waals surface area (Å²) in [6.07, 6.45) is 0. The van der Waals surface area contributed by atoms with Crippen LogP contribution in [0.4, 0.5) is 5.82 Å². The molecule has 2 aromatic rings. The van der Waals surface area contributed by atoms with Gasteiger partial charge in [0.2, 0.25) is 0 Å². The van der Waals surface area contributed by atoms with Crippen molar-refractivity contribution in [3.8, 4) is 0 Å². The summed E-state index contributed by atoms with van der Waals surface area (Å²) in [5.41, 5.74) is 0.780. The molecule has 2 rings (SSSR count). The second-order valence-corrected chi connectivity index (χ2v) is 7.05. The first-order chi connectivity index (χ1) is 8.46. The van der Waals surface area contributed by atoms with Crippen molar-refractivity contribution in [2.75, 3.05) is 17.6 Å². The van der Waals surface area contributed by atoms with Crippen LogP contribution in [-0.4, -0.2) is 36.9 Å². The number of fused-ring (bicyclic) bond motifs is 1. The first-order valence-corrected chi connectivity index (χ1v) is 7.01. The van der Waals surface area contributed by atoms with E-state index in [0.29, 0.717) is 4.75 Å². The quantitative estimate of drug-likeness (QED) is 0.860. The van der Waals surface area contributed by atoms with Crippen LogP contribution in [0.2, 0.25) is 0 Å². The van der Waals surface area contributed by atoms with Gasteiger partial charge in [-0.25, -0.2) is 0 Å². The number of hydrogen-bond donors (Lipinski definition) is 1. The molecule has 18 heavy (non-hydrogen) atoms. The van der Waals surface area contributed by atoms with E-state index in [4.69, 9.17) is 0 Å². The van der Waals surface area contributed by atoms with E-state index in [0.717, 1.165) is 29.6 Å². The monoisotopic (exact) mass is 265 g/mol. The minimum atomic E-state index is 0.309. The van der Waals surface area contributed by atoms with Gasteiger partial charge >= 0.3 is 0 Å². The van der Waals surface area contributed by atoms with Crippen LogP contribution in [0, 0.1) is 6.92 Å². The Balaban J connectivity index is 1.93. The number of aryl methyl sites for hydroxylation is 1. The third-order valence-electron chi connectivity index (χ3n) is 2.36. The van der Waals surface area contributed by atoms with Crippen molar-refractivity contribution in [2.45, 2.75) is 32.4 Å². The number of nitrogens with one attached hydrogen (secondary N) is 1. The van der Waals surface area contributed by atoms with Gasteiger partial charge in [0.05, 0.1) is 0 Å². The second-order valence-electron chi connectivity index (χ2n) is 5.12. The smallest absolute Gasteiger partial charge is 0.178 e. The molecule has 6 heteroatoms. The highest BCUT2D eigenvalue weighted by molar-refractivity contribution is 8.00. The number of anilines is 1. The molecule has 2 heterocycles. The molecule has 98 valence electrons. The number of nitrogens with zero attached hydrogens (tertiary/aromatic N) is 4. The average Bonchev–Trinajstić information content (AvgIpc) is 2.65. The zero-order valence-corrected chi connectivity index (χ0v) is 12.1. The maximum atomic E-state index is 4.44. The first-order valence-electron chi connectivity index (χ1n) is 6.03. The van der Waals surface area contributed by atoms with Gasteiger partial charge in [0.1, 0.15) is 5.82 Å². The molecule has 0 aromatic carbocycles. The molecular formula is C12H19N5S. The van der Waals surface area contributed by atoms with E-state index < -0.39 is 0 Å². The minimum Gasteiger partial charge on any atom is -0.368 e. The Labute approximate surface area is 111 Å². The van der Waals surface area contributed by atoms with Crippen LogP contribution in [0.15, 0.2) is 12.1 Å². The van der Waals surface area contributed by atoms with Crippen LogP contribution in [0.3, 0.4) is 0 Å². The van der Waals surface area contributed by atoms with Crippen molar-refractivity contribution in [3.05, 3.63) is 18.0 Å². The zero-order chi connectivity index (χ0) is 13.2. The van der Waals surface area contributed by atoms with Gasteiger partial charge in [-0.05, 0) is 19.1 Å². The van der Waals surface area contributed by atoms with Gasteiger partial charge in [-0.15, -0.1) is 15.3 Å². The SMILES string of the molecule is Cc1nnc2ccc(NCCSC(C)(C)C)nn12. The molecule has 0 aliphatic carbocycles. The maximum absolute atomic E-state index is 4.44. The van der Waals surface area contributed by atoms with Gasteiger partial charge in [-0.2, -0.15) is 16.3 Å². The molecule has 0 radical (unpaired) electrons. The molecule has 0 unspecified atom stereocenters. The summed E-state index contributed by atoms with van der Waals surface area (Å²) in [7, 11) is 0. The second kappa shape index (κ2) is 5.14. The summed E-state index contributed by atoms with van der Waals surface area (Å²) < 4.78 is 2.06. The molecule has 0 aliphatic heterocycles. The Kier molecular flexibility index (Phi) is 3.75. The van der Waals surface area contributed by atoms with Crippen LogP contribution >= 0.6 is 11.8 Å². The van der Waals surface area contributed by atoms with Crippen molar-refractivity contribution >= 4 is 23.2 Å². The van der Waals surface area contributed by atoms with E-state index in [1.165, 1.54) is 0 Å². The highest BCUT2D eigenvalue weighted by Gasteiger charge is 2.09. The molecule has 0 amide bonds. The van der Waals surface area contributed by atoms with Gasteiger partial charge in [-0.1, -0.05) is 20.8 Å². The minimum absolute atomic E-state index is 0.309. The molecule has 0 saturated heterocycles. The summed E-state index contributed by atoms with van der Waals surface area (Å²) in [6, 6.07) is 3.86. The molecule has 5 nitrogen and oxygen atoms in total. The van der Waals surface area contributed by atoms with Crippen LogP contribution in [-0.2, 0) is 0 Å². The molecule has 0 bridgehead atoms. The Morgan fingerprint density at radius 3 is 2.78 bits per heavy atom. The standard InChI is InChI=1S/C12H19N5S/c1-9-14-15-11-6-5-10(16-17(9)11)13-7-8-18-12(2,3)4/h5-6H,7-8H2,1-4H3,(H,13,16). The fourth-order valence-corrected chi connectivity index (χ4v) is 2.34. The van der Waals surface area contributed by atoms with E-state index in [1.807, 2.05) is 30.8 Å². The number of rotatable bonds is 4. The van der Waals surface area contributed by atoms with E-state index in [1.54, 1.807) is 4.52 Å². The molecule has 0 atom stereocenters. The lowest BCUT2D eigenvalue weighted by atomic mass is 10.3. The Hall–Kier alpha value is -1.30.